The SMILES string of the molecule is Cc1nc(NCc2ccccn2)cc(C(=O)Nc2ccccc2)n1. The van der Waals surface area contributed by atoms with E-state index in [2.05, 4.69) is 25.6 Å². The zero-order chi connectivity index (χ0) is 16.8. The maximum absolute atomic E-state index is 12.4. The summed E-state index contributed by atoms with van der Waals surface area (Å²) in [5.74, 6) is 0.846. The van der Waals surface area contributed by atoms with E-state index in [0.717, 1.165) is 11.4 Å². The molecule has 0 unspecified atom stereocenters. The molecule has 1 amide bonds. The van der Waals surface area contributed by atoms with Crippen molar-refractivity contribution in [3.63, 3.8) is 0 Å². The molecule has 120 valence electrons. The number of aryl methyl sites for hydroxylation is 1. The van der Waals surface area contributed by atoms with Crippen LogP contribution in [-0.4, -0.2) is 20.9 Å². The van der Waals surface area contributed by atoms with Gasteiger partial charge in [-0.3, -0.25) is 9.78 Å². The Morgan fingerprint density at radius 3 is 2.58 bits per heavy atom. The molecule has 3 rings (SSSR count). The van der Waals surface area contributed by atoms with Crippen LogP contribution < -0.4 is 10.6 Å². The second-order valence-corrected chi connectivity index (χ2v) is 5.18. The normalized spacial score (nSPS) is 10.2. The second kappa shape index (κ2) is 7.32. The second-order valence-electron chi connectivity index (χ2n) is 5.18. The van der Waals surface area contributed by atoms with E-state index in [9.17, 15) is 4.79 Å². The minimum absolute atomic E-state index is 0.271. The van der Waals surface area contributed by atoms with Gasteiger partial charge in [0.25, 0.3) is 5.91 Å². The maximum Gasteiger partial charge on any atom is 0.274 e. The van der Waals surface area contributed by atoms with Crippen molar-refractivity contribution in [3.8, 4) is 0 Å². The molecule has 0 saturated heterocycles. The van der Waals surface area contributed by atoms with E-state index in [0.29, 0.717) is 23.9 Å². The zero-order valence-electron chi connectivity index (χ0n) is 13.2. The summed E-state index contributed by atoms with van der Waals surface area (Å²) in [6, 6.07) is 16.6. The lowest BCUT2D eigenvalue weighted by molar-refractivity contribution is 0.102. The average Bonchev–Trinajstić information content (AvgIpc) is 2.61. The summed E-state index contributed by atoms with van der Waals surface area (Å²) in [6.45, 7) is 2.28. The van der Waals surface area contributed by atoms with E-state index in [4.69, 9.17) is 0 Å². The highest BCUT2D eigenvalue weighted by atomic mass is 16.1. The van der Waals surface area contributed by atoms with E-state index in [-0.39, 0.29) is 5.91 Å². The molecule has 2 N–H and O–H groups in total. The third-order valence-corrected chi connectivity index (χ3v) is 3.28. The number of nitrogens with one attached hydrogen (secondary N) is 2. The van der Waals surface area contributed by atoms with Crippen LogP contribution in [0.4, 0.5) is 11.5 Å². The molecule has 0 radical (unpaired) electrons. The Morgan fingerprint density at radius 1 is 1.04 bits per heavy atom. The third kappa shape index (κ3) is 4.13. The standard InChI is InChI=1S/C18H17N5O/c1-13-21-16(18(24)23-14-7-3-2-4-8-14)11-17(22-13)20-12-15-9-5-6-10-19-15/h2-11H,12H2,1H3,(H,23,24)(H,20,21,22). The maximum atomic E-state index is 12.4. The fourth-order valence-corrected chi connectivity index (χ4v) is 2.17. The molecule has 0 aliphatic heterocycles. The predicted molar refractivity (Wildman–Crippen MR) is 92.7 cm³/mol. The first-order chi connectivity index (χ1) is 11.7. The number of hydrogen-bond donors (Lipinski definition) is 2. The van der Waals surface area contributed by atoms with Gasteiger partial charge in [-0.15, -0.1) is 0 Å². The highest BCUT2D eigenvalue weighted by Gasteiger charge is 2.11. The molecule has 0 atom stereocenters. The molecule has 0 saturated carbocycles. The van der Waals surface area contributed by atoms with Crippen molar-refractivity contribution in [1.82, 2.24) is 15.0 Å². The Balaban J connectivity index is 1.72. The smallest absolute Gasteiger partial charge is 0.274 e. The van der Waals surface area contributed by atoms with Gasteiger partial charge in [0.05, 0.1) is 12.2 Å². The van der Waals surface area contributed by atoms with Gasteiger partial charge in [-0.05, 0) is 31.2 Å². The van der Waals surface area contributed by atoms with E-state index in [1.807, 2.05) is 48.5 Å². The fraction of sp³-hybridized carbons (Fsp3) is 0.111. The number of carbonyl (C=O) groups excluding carboxylic acids is 1. The summed E-state index contributed by atoms with van der Waals surface area (Å²) < 4.78 is 0. The summed E-state index contributed by atoms with van der Waals surface area (Å²) in [5, 5.41) is 5.98. The van der Waals surface area contributed by atoms with Crippen LogP contribution in [0.2, 0.25) is 0 Å². The molecule has 6 nitrogen and oxygen atoms in total. The minimum Gasteiger partial charge on any atom is -0.364 e. The Bertz CT molecular complexity index is 821. The summed E-state index contributed by atoms with van der Waals surface area (Å²) in [5.41, 5.74) is 1.93. The number of para-hydroxylation sites is 1. The van der Waals surface area contributed by atoms with Crippen LogP contribution in [0.1, 0.15) is 22.0 Å². The van der Waals surface area contributed by atoms with Crippen LogP contribution in [0.3, 0.4) is 0 Å². The van der Waals surface area contributed by atoms with E-state index < -0.39 is 0 Å². The van der Waals surface area contributed by atoms with Gasteiger partial charge in [-0.25, -0.2) is 9.97 Å². The largest absolute Gasteiger partial charge is 0.364 e. The fourth-order valence-electron chi connectivity index (χ4n) is 2.17. The molecular weight excluding hydrogens is 302 g/mol. The molecule has 0 spiro atoms. The first kappa shape index (κ1) is 15.6. The number of carbonyl (C=O) groups is 1. The Morgan fingerprint density at radius 2 is 1.83 bits per heavy atom. The zero-order valence-corrected chi connectivity index (χ0v) is 13.2. The van der Waals surface area contributed by atoms with Gasteiger partial charge in [0.2, 0.25) is 0 Å². The quantitative estimate of drug-likeness (QED) is 0.755. The summed E-state index contributed by atoms with van der Waals surface area (Å²) >= 11 is 0. The van der Waals surface area contributed by atoms with E-state index in [1.54, 1.807) is 19.2 Å². The number of aromatic nitrogens is 3. The number of anilines is 2. The Labute approximate surface area is 140 Å². The first-order valence-corrected chi connectivity index (χ1v) is 7.56. The van der Waals surface area contributed by atoms with Gasteiger partial charge in [0.1, 0.15) is 17.3 Å². The number of hydrogen-bond acceptors (Lipinski definition) is 5. The first-order valence-electron chi connectivity index (χ1n) is 7.56. The number of nitrogens with zero attached hydrogens (tertiary/aromatic N) is 3. The van der Waals surface area contributed by atoms with Gasteiger partial charge < -0.3 is 10.6 Å². The van der Waals surface area contributed by atoms with Crippen molar-refractivity contribution in [2.45, 2.75) is 13.5 Å². The average molecular weight is 319 g/mol. The monoisotopic (exact) mass is 319 g/mol. The number of pyridine rings is 1. The minimum atomic E-state index is -0.271. The van der Waals surface area contributed by atoms with Gasteiger partial charge in [-0.1, -0.05) is 24.3 Å². The molecule has 2 aromatic heterocycles. The number of benzene rings is 1. The number of rotatable bonds is 5. The molecule has 2 heterocycles. The molecule has 0 bridgehead atoms. The molecule has 0 fully saturated rings. The van der Waals surface area contributed by atoms with E-state index in [1.165, 1.54) is 0 Å². The lowest BCUT2D eigenvalue weighted by Gasteiger charge is -2.09. The summed E-state index contributed by atoms with van der Waals surface area (Å²) in [7, 11) is 0. The van der Waals surface area contributed by atoms with Crippen molar-refractivity contribution < 1.29 is 4.79 Å². The molecule has 24 heavy (non-hydrogen) atoms. The van der Waals surface area contributed by atoms with Gasteiger partial charge in [0, 0.05) is 18.0 Å². The van der Waals surface area contributed by atoms with Crippen molar-refractivity contribution in [2.75, 3.05) is 10.6 Å². The molecule has 0 aliphatic carbocycles. The molecule has 6 heteroatoms. The lowest BCUT2D eigenvalue weighted by atomic mass is 10.3. The van der Waals surface area contributed by atoms with Gasteiger partial charge in [0.15, 0.2) is 0 Å². The van der Waals surface area contributed by atoms with Crippen LogP contribution in [0.15, 0.2) is 60.8 Å². The lowest BCUT2D eigenvalue weighted by Crippen LogP contribution is -2.15. The predicted octanol–water partition coefficient (Wildman–Crippen LogP) is 3.04. The van der Waals surface area contributed by atoms with Crippen molar-refractivity contribution in [2.24, 2.45) is 0 Å². The van der Waals surface area contributed by atoms with Crippen LogP contribution in [0, 0.1) is 6.92 Å². The summed E-state index contributed by atoms with van der Waals surface area (Å²) in [4.78, 5) is 25.1. The van der Waals surface area contributed by atoms with Crippen molar-refractivity contribution in [3.05, 3.63) is 78.0 Å². The van der Waals surface area contributed by atoms with Crippen LogP contribution in [0.25, 0.3) is 0 Å². The van der Waals surface area contributed by atoms with Crippen molar-refractivity contribution >= 4 is 17.4 Å². The van der Waals surface area contributed by atoms with Gasteiger partial charge >= 0.3 is 0 Å². The van der Waals surface area contributed by atoms with E-state index >= 15 is 0 Å². The topological polar surface area (TPSA) is 79.8 Å². The number of amides is 1. The third-order valence-electron chi connectivity index (χ3n) is 3.28. The van der Waals surface area contributed by atoms with Crippen LogP contribution in [-0.2, 0) is 6.54 Å². The highest BCUT2D eigenvalue weighted by Crippen LogP contribution is 2.11. The van der Waals surface area contributed by atoms with Crippen molar-refractivity contribution in [1.29, 1.82) is 0 Å². The molecule has 0 aliphatic rings. The Kier molecular flexibility index (Phi) is 4.76. The summed E-state index contributed by atoms with van der Waals surface area (Å²) in [6.07, 6.45) is 1.74. The highest BCUT2D eigenvalue weighted by molar-refractivity contribution is 6.03. The molecular formula is C18H17N5O. The van der Waals surface area contributed by atoms with Crippen LogP contribution in [0.5, 0.6) is 0 Å². The molecule has 3 aromatic rings. The molecule has 1 aromatic carbocycles. The van der Waals surface area contributed by atoms with Gasteiger partial charge in [-0.2, -0.15) is 0 Å². The Hall–Kier alpha value is -3.28. The van der Waals surface area contributed by atoms with Crippen LogP contribution >= 0.6 is 0 Å².